The summed E-state index contributed by atoms with van der Waals surface area (Å²) in [5.41, 5.74) is 2.36. The summed E-state index contributed by atoms with van der Waals surface area (Å²) in [4.78, 5) is 11.6. The van der Waals surface area contributed by atoms with Crippen LogP contribution in [-0.4, -0.2) is 18.7 Å². The van der Waals surface area contributed by atoms with Crippen molar-refractivity contribution in [3.8, 4) is 5.75 Å². The van der Waals surface area contributed by atoms with Gasteiger partial charge in [-0.15, -0.1) is 0 Å². The van der Waals surface area contributed by atoms with Crippen molar-refractivity contribution in [1.82, 2.24) is 5.43 Å². The Morgan fingerprint density at radius 1 is 1.38 bits per heavy atom. The molecular weight excluding hydrogens is 519 g/mol. The fraction of sp³-hybridized carbons (Fsp3) is 0.0769. The molecule has 1 amide bonds. The van der Waals surface area contributed by atoms with Gasteiger partial charge in [0.15, 0.2) is 10.4 Å². The van der Waals surface area contributed by atoms with Crippen molar-refractivity contribution < 1.29 is 13.9 Å². The maximum Gasteiger partial charge on any atom is 0.277 e. The molecule has 0 aliphatic heterocycles. The topological polar surface area (TPSA) is 63.8 Å². The molecule has 0 spiro atoms. The lowest BCUT2D eigenvalue weighted by molar-refractivity contribution is -0.123. The molecule has 1 N–H and O–H groups in total. The summed E-state index contributed by atoms with van der Waals surface area (Å²) < 4.78 is 13.1. The van der Waals surface area contributed by atoms with Gasteiger partial charge < -0.3 is 9.15 Å². The largest absolute Gasteiger partial charge is 0.483 e. The predicted octanol–water partition coefficient (Wildman–Crippen LogP) is 3.94. The standard InChI is InChI=1S/C13H9Br2IN2O3/c14-8-1-3-11(10(15)5-8)20-7-13(19)18-17-6-9-2-4-12(16)21-9/h1-6H,7H2,(H,18,19)/b17-6+. The average molecular weight is 528 g/mol. The minimum absolute atomic E-state index is 0.132. The fourth-order valence-corrected chi connectivity index (χ4v) is 2.93. The molecule has 110 valence electrons. The molecule has 2 aromatic rings. The second-order valence-electron chi connectivity index (χ2n) is 3.80. The van der Waals surface area contributed by atoms with Gasteiger partial charge in [0.2, 0.25) is 0 Å². The summed E-state index contributed by atoms with van der Waals surface area (Å²) in [6.45, 7) is -0.132. The van der Waals surface area contributed by atoms with E-state index in [1.165, 1.54) is 6.21 Å². The van der Waals surface area contributed by atoms with E-state index in [-0.39, 0.29) is 12.5 Å². The minimum atomic E-state index is -0.359. The Bertz CT molecular complexity index is 673. The zero-order valence-electron chi connectivity index (χ0n) is 10.5. The maximum atomic E-state index is 11.6. The summed E-state index contributed by atoms with van der Waals surface area (Å²) in [5, 5.41) is 3.78. The smallest absolute Gasteiger partial charge is 0.277 e. The Morgan fingerprint density at radius 3 is 2.86 bits per heavy atom. The average Bonchev–Trinajstić information content (AvgIpc) is 2.83. The number of rotatable bonds is 5. The molecule has 0 aliphatic rings. The number of hydrogen-bond donors (Lipinski definition) is 1. The van der Waals surface area contributed by atoms with Gasteiger partial charge in [0, 0.05) is 4.47 Å². The van der Waals surface area contributed by atoms with Crippen molar-refractivity contribution in [2.75, 3.05) is 6.61 Å². The van der Waals surface area contributed by atoms with Crippen molar-refractivity contribution in [3.05, 3.63) is 48.8 Å². The minimum Gasteiger partial charge on any atom is -0.483 e. The van der Waals surface area contributed by atoms with Crippen LogP contribution in [-0.2, 0) is 4.79 Å². The lowest BCUT2D eigenvalue weighted by Crippen LogP contribution is -2.24. The van der Waals surface area contributed by atoms with Crippen molar-refractivity contribution >= 4 is 66.6 Å². The number of halogens is 3. The number of carbonyl (C=O) groups excluding carboxylic acids is 1. The summed E-state index contributed by atoms with van der Waals surface area (Å²) in [6, 6.07) is 8.98. The number of furan rings is 1. The van der Waals surface area contributed by atoms with Crippen LogP contribution in [0.5, 0.6) is 5.75 Å². The van der Waals surface area contributed by atoms with Crippen molar-refractivity contribution in [2.24, 2.45) is 5.10 Å². The Kier molecular flexibility index (Phi) is 6.24. The van der Waals surface area contributed by atoms with Gasteiger partial charge >= 0.3 is 0 Å². The lowest BCUT2D eigenvalue weighted by atomic mass is 10.3. The molecule has 0 saturated carbocycles. The van der Waals surface area contributed by atoms with Gasteiger partial charge in [-0.05, 0) is 68.9 Å². The molecule has 5 nitrogen and oxygen atoms in total. The Balaban J connectivity index is 1.81. The Morgan fingerprint density at radius 2 is 2.19 bits per heavy atom. The first-order valence-electron chi connectivity index (χ1n) is 5.69. The van der Waals surface area contributed by atoms with Crippen LogP contribution >= 0.6 is 54.5 Å². The van der Waals surface area contributed by atoms with Gasteiger partial charge in [-0.2, -0.15) is 5.10 Å². The molecule has 1 heterocycles. The monoisotopic (exact) mass is 526 g/mol. The number of ether oxygens (including phenoxy) is 1. The highest BCUT2D eigenvalue weighted by atomic mass is 127. The second-order valence-corrected chi connectivity index (χ2v) is 6.63. The molecule has 0 fully saturated rings. The number of benzene rings is 1. The quantitative estimate of drug-likeness (QED) is 0.364. The van der Waals surface area contributed by atoms with Gasteiger partial charge in [-0.1, -0.05) is 15.9 Å². The second kappa shape index (κ2) is 7.95. The van der Waals surface area contributed by atoms with Crippen LogP contribution in [0.15, 0.2) is 48.8 Å². The third kappa shape index (κ3) is 5.44. The molecule has 1 aromatic carbocycles. The SMILES string of the molecule is O=C(COc1ccc(Br)cc1Br)N/N=C/c1ccc(I)o1. The molecule has 0 aliphatic carbocycles. The van der Waals surface area contributed by atoms with Crippen molar-refractivity contribution in [3.63, 3.8) is 0 Å². The molecule has 0 saturated heterocycles. The Labute approximate surface area is 151 Å². The van der Waals surface area contributed by atoms with Crippen LogP contribution in [0, 0.1) is 3.77 Å². The maximum absolute atomic E-state index is 11.6. The van der Waals surface area contributed by atoms with Crippen LogP contribution in [0.25, 0.3) is 0 Å². The summed E-state index contributed by atoms with van der Waals surface area (Å²) in [5.74, 6) is 0.788. The zero-order valence-corrected chi connectivity index (χ0v) is 15.8. The molecular formula is C13H9Br2IN2O3. The summed E-state index contributed by atoms with van der Waals surface area (Å²) in [6.07, 6.45) is 1.43. The molecule has 1 aromatic heterocycles. The highest BCUT2D eigenvalue weighted by Gasteiger charge is 2.05. The van der Waals surface area contributed by atoms with Gasteiger partial charge in [0.1, 0.15) is 11.5 Å². The van der Waals surface area contributed by atoms with E-state index < -0.39 is 0 Å². The van der Waals surface area contributed by atoms with E-state index in [4.69, 9.17) is 9.15 Å². The molecule has 0 bridgehead atoms. The molecule has 21 heavy (non-hydrogen) atoms. The number of amides is 1. The van der Waals surface area contributed by atoms with E-state index in [0.29, 0.717) is 11.5 Å². The fourth-order valence-electron chi connectivity index (χ4n) is 1.33. The zero-order chi connectivity index (χ0) is 15.2. The van der Waals surface area contributed by atoms with E-state index in [2.05, 4.69) is 42.4 Å². The highest BCUT2D eigenvalue weighted by Crippen LogP contribution is 2.27. The normalized spacial score (nSPS) is 10.8. The van der Waals surface area contributed by atoms with Gasteiger partial charge in [0.05, 0.1) is 10.7 Å². The molecule has 8 heteroatoms. The first-order chi connectivity index (χ1) is 10.0. The number of hydrazone groups is 1. The first-order valence-corrected chi connectivity index (χ1v) is 8.36. The lowest BCUT2D eigenvalue weighted by Gasteiger charge is -2.07. The third-order valence-corrected chi connectivity index (χ3v) is 3.92. The van der Waals surface area contributed by atoms with Crippen LogP contribution in [0.4, 0.5) is 0 Å². The van der Waals surface area contributed by atoms with Crippen LogP contribution in [0.2, 0.25) is 0 Å². The molecule has 2 rings (SSSR count). The van der Waals surface area contributed by atoms with Gasteiger partial charge in [0.25, 0.3) is 5.91 Å². The highest BCUT2D eigenvalue weighted by molar-refractivity contribution is 14.1. The van der Waals surface area contributed by atoms with Crippen LogP contribution in [0.3, 0.4) is 0 Å². The Hall–Kier alpha value is -0.870. The molecule has 0 atom stereocenters. The van der Waals surface area contributed by atoms with Crippen molar-refractivity contribution in [2.45, 2.75) is 0 Å². The van der Waals surface area contributed by atoms with E-state index in [1.54, 1.807) is 18.2 Å². The van der Waals surface area contributed by atoms with Gasteiger partial charge in [-0.3, -0.25) is 4.79 Å². The van der Waals surface area contributed by atoms with E-state index in [9.17, 15) is 4.79 Å². The molecule has 0 unspecified atom stereocenters. The summed E-state index contributed by atoms with van der Waals surface area (Å²) in [7, 11) is 0. The predicted molar refractivity (Wildman–Crippen MR) is 94.5 cm³/mol. The van der Waals surface area contributed by atoms with Crippen LogP contribution in [0.1, 0.15) is 5.76 Å². The third-order valence-electron chi connectivity index (χ3n) is 2.23. The number of nitrogens with one attached hydrogen (secondary N) is 1. The summed E-state index contributed by atoms with van der Waals surface area (Å²) >= 11 is 8.74. The number of nitrogens with zero attached hydrogens (tertiary/aromatic N) is 1. The van der Waals surface area contributed by atoms with Gasteiger partial charge in [-0.25, -0.2) is 5.43 Å². The first kappa shape index (κ1) is 16.5. The van der Waals surface area contributed by atoms with Crippen molar-refractivity contribution in [1.29, 1.82) is 0 Å². The van der Waals surface area contributed by atoms with E-state index in [0.717, 1.165) is 12.7 Å². The van der Waals surface area contributed by atoms with Crippen LogP contribution < -0.4 is 10.2 Å². The van der Waals surface area contributed by atoms with E-state index in [1.807, 2.05) is 34.7 Å². The number of hydrogen-bond acceptors (Lipinski definition) is 4. The number of carbonyl (C=O) groups is 1. The molecule has 0 radical (unpaired) electrons. The van der Waals surface area contributed by atoms with E-state index >= 15 is 0 Å².